The maximum absolute atomic E-state index is 12.1. The van der Waals surface area contributed by atoms with Crippen LogP contribution in [-0.4, -0.2) is 47.8 Å². The van der Waals surface area contributed by atoms with E-state index in [1.807, 2.05) is 6.92 Å². The number of aliphatic hydroxyl groups is 1. The molecule has 0 aromatic carbocycles. The molecule has 1 fully saturated rings. The van der Waals surface area contributed by atoms with Crippen molar-refractivity contribution in [2.45, 2.75) is 44.8 Å². The molecule has 1 amide bonds. The van der Waals surface area contributed by atoms with Crippen LogP contribution in [0.5, 0.6) is 0 Å². The number of rotatable bonds is 3. The molecule has 0 saturated carbocycles. The Bertz CT molecular complexity index is 226. The van der Waals surface area contributed by atoms with Gasteiger partial charge in [-0.05, 0) is 26.2 Å². The van der Waals surface area contributed by atoms with Gasteiger partial charge in [0, 0.05) is 20.2 Å². The second-order valence-corrected chi connectivity index (χ2v) is 4.34. The number of carbonyl (C=O) groups is 1. The molecule has 0 aliphatic carbocycles. The van der Waals surface area contributed by atoms with Crippen molar-refractivity contribution in [2.24, 2.45) is 0 Å². The number of ether oxygens (including phenoxy) is 1. The van der Waals surface area contributed by atoms with Crippen LogP contribution in [0.25, 0.3) is 0 Å². The Morgan fingerprint density at radius 1 is 1.67 bits per heavy atom. The fraction of sp³-hybridized carbons (Fsp3) is 0.909. The number of carbonyl (C=O) groups excluding carboxylic acids is 1. The van der Waals surface area contributed by atoms with Gasteiger partial charge < -0.3 is 14.7 Å². The van der Waals surface area contributed by atoms with Crippen LogP contribution < -0.4 is 0 Å². The first kappa shape index (κ1) is 12.5. The van der Waals surface area contributed by atoms with Gasteiger partial charge >= 0.3 is 0 Å². The summed E-state index contributed by atoms with van der Waals surface area (Å²) in [4.78, 5) is 13.8. The van der Waals surface area contributed by atoms with Crippen LogP contribution in [0.1, 0.15) is 33.1 Å². The number of amides is 1. The summed E-state index contributed by atoms with van der Waals surface area (Å²) in [6.45, 7) is 4.91. The van der Waals surface area contributed by atoms with Crippen molar-refractivity contribution in [3.05, 3.63) is 0 Å². The first-order valence-corrected chi connectivity index (χ1v) is 5.56. The minimum Gasteiger partial charge on any atom is -0.391 e. The number of β-amino-alcohol motifs (C(OH)–C–C–N with tert-alkyl or cyclic N) is 1. The maximum Gasteiger partial charge on any atom is 0.254 e. The number of piperidine rings is 1. The predicted molar refractivity (Wildman–Crippen MR) is 57.5 cm³/mol. The summed E-state index contributed by atoms with van der Waals surface area (Å²) in [6, 6.07) is 0. The third-order valence-corrected chi connectivity index (χ3v) is 3.26. The molecule has 88 valence electrons. The van der Waals surface area contributed by atoms with E-state index in [9.17, 15) is 9.90 Å². The van der Waals surface area contributed by atoms with Crippen molar-refractivity contribution in [1.82, 2.24) is 4.90 Å². The molecule has 4 heteroatoms. The van der Waals surface area contributed by atoms with E-state index in [-0.39, 0.29) is 12.0 Å². The number of likely N-dealkylation sites (tertiary alicyclic amines) is 1. The van der Waals surface area contributed by atoms with Crippen molar-refractivity contribution in [3.63, 3.8) is 0 Å². The lowest BCUT2D eigenvalue weighted by molar-refractivity contribution is -0.156. The van der Waals surface area contributed by atoms with Gasteiger partial charge in [0.1, 0.15) is 5.60 Å². The first-order chi connectivity index (χ1) is 7.03. The van der Waals surface area contributed by atoms with Crippen molar-refractivity contribution in [2.75, 3.05) is 20.2 Å². The lowest BCUT2D eigenvalue weighted by Crippen LogP contribution is -2.52. The summed E-state index contributed by atoms with van der Waals surface area (Å²) < 4.78 is 5.26. The van der Waals surface area contributed by atoms with E-state index in [1.165, 1.54) is 0 Å². The van der Waals surface area contributed by atoms with E-state index >= 15 is 0 Å². The first-order valence-electron chi connectivity index (χ1n) is 5.56. The molecule has 1 N–H and O–H groups in total. The fourth-order valence-electron chi connectivity index (χ4n) is 1.86. The molecule has 1 aliphatic heterocycles. The van der Waals surface area contributed by atoms with Gasteiger partial charge in [-0.1, -0.05) is 6.92 Å². The molecule has 1 aliphatic rings. The lowest BCUT2D eigenvalue weighted by Gasteiger charge is -2.36. The predicted octanol–water partition coefficient (Wildman–Crippen LogP) is 0.785. The molecule has 2 atom stereocenters. The van der Waals surface area contributed by atoms with Crippen LogP contribution in [0.2, 0.25) is 0 Å². The monoisotopic (exact) mass is 215 g/mol. The van der Waals surface area contributed by atoms with Crippen LogP contribution in [0.4, 0.5) is 0 Å². The third-order valence-electron chi connectivity index (χ3n) is 3.26. The standard InChI is InChI=1S/C11H21NO3/c1-4-11(2,15-3)10(14)12-7-5-6-9(13)8-12/h9,13H,4-8H2,1-3H3/t9-,11?/m0/s1. The number of hydrogen-bond acceptors (Lipinski definition) is 3. The molecule has 1 saturated heterocycles. The molecule has 0 radical (unpaired) electrons. The number of hydrogen-bond donors (Lipinski definition) is 1. The summed E-state index contributed by atoms with van der Waals surface area (Å²) >= 11 is 0. The van der Waals surface area contributed by atoms with Gasteiger partial charge in [-0.15, -0.1) is 0 Å². The zero-order chi connectivity index (χ0) is 11.5. The minimum atomic E-state index is -0.739. The van der Waals surface area contributed by atoms with Gasteiger partial charge in [-0.3, -0.25) is 4.79 Å². The van der Waals surface area contributed by atoms with Crippen LogP contribution in [0.15, 0.2) is 0 Å². The molecule has 0 aromatic rings. The molecule has 1 rings (SSSR count). The Labute approximate surface area is 91.2 Å². The average Bonchev–Trinajstić information content (AvgIpc) is 2.27. The number of nitrogens with zero attached hydrogens (tertiary/aromatic N) is 1. The van der Waals surface area contributed by atoms with E-state index in [0.717, 1.165) is 19.4 Å². The van der Waals surface area contributed by atoms with Crippen molar-refractivity contribution in [3.8, 4) is 0 Å². The highest BCUT2D eigenvalue weighted by molar-refractivity contribution is 5.84. The Balaban J connectivity index is 2.66. The topological polar surface area (TPSA) is 49.8 Å². The van der Waals surface area contributed by atoms with E-state index in [0.29, 0.717) is 13.0 Å². The van der Waals surface area contributed by atoms with Crippen molar-refractivity contribution < 1.29 is 14.6 Å². The SMILES string of the molecule is CCC(C)(OC)C(=O)N1CCC[C@H](O)C1. The molecule has 15 heavy (non-hydrogen) atoms. The maximum atomic E-state index is 12.1. The average molecular weight is 215 g/mol. The van der Waals surface area contributed by atoms with Crippen molar-refractivity contribution in [1.29, 1.82) is 0 Å². The van der Waals surface area contributed by atoms with Gasteiger partial charge in [-0.25, -0.2) is 0 Å². The normalized spacial score (nSPS) is 26.1. The highest BCUT2D eigenvalue weighted by Crippen LogP contribution is 2.20. The summed E-state index contributed by atoms with van der Waals surface area (Å²) in [5.74, 6) is -0.00810. The minimum absolute atomic E-state index is 0.00810. The number of aliphatic hydroxyl groups excluding tert-OH is 1. The quantitative estimate of drug-likeness (QED) is 0.757. The molecular formula is C11H21NO3. The third kappa shape index (κ3) is 2.69. The lowest BCUT2D eigenvalue weighted by atomic mass is 9.99. The highest BCUT2D eigenvalue weighted by Gasteiger charge is 2.36. The Kier molecular flexibility index (Phi) is 4.11. The molecule has 0 aromatic heterocycles. The van der Waals surface area contributed by atoms with Crippen LogP contribution in [0, 0.1) is 0 Å². The molecule has 1 heterocycles. The van der Waals surface area contributed by atoms with E-state index in [4.69, 9.17) is 4.74 Å². The zero-order valence-electron chi connectivity index (χ0n) is 9.82. The molecule has 0 spiro atoms. The molecule has 0 bridgehead atoms. The van der Waals surface area contributed by atoms with E-state index in [2.05, 4.69) is 0 Å². The summed E-state index contributed by atoms with van der Waals surface area (Å²) in [6.07, 6.45) is 1.94. The van der Waals surface area contributed by atoms with Gasteiger partial charge in [-0.2, -0.15) is 0 Å². The highest BCUT2D eigenvalue weighted by atomic mass is 16.5. The summed E-state index contributed by atoms with van der Waals surface area (Å²) in [5, 5.41) is 9.50. The molecule has 4 nitrogen and oxygen atoms in total. The Morgan fingerprint density at radius 3 is 2.80 bits per heavy atom. The Morgan fingerprint density at radius 2 is 2.33 bits per heavy atom. The molecular weight excluding hydrogens is 194 g/mol. The van der Waals surface area contributed by atoms with E-state index < -0.39 is 5.60 Å². The second-order valence-electron chi connectivity index (χ2n) is 4.34. The summed E-state index contributed by atoms with van der Waals surface area (Å²) in [5.41, 5.74) is -0.739. The van der Waals surface area contributed by atoms with Gasteiger partial charge in [0.05, 0.1) is 6.10 Å². The van der Waals surface area contributed by atoms with Crippen molar-refractivity contribution >= 4 is 5.91 Å². The fourth-order valence-corrected chi connectivity index (χ4v) is 1.86. The molecule has 1 unspecified atom stereocenters. The smallest absolute Gasteiger partial charge is 0.254 e. The van der Waals surface area contributed by atoms with E-state index in [1.54, 1.807) is 18.9 Å². The van der Waals surface area contributed by atoms with Crippen LogP contribution in [-0.2, 0) is 9.53 Å². The largest absolute Gasteiger partial charge is 0.391 e. The van der Waals surface area contributed by atoms with Crippen LogP contribution >= 0.6 is 0 Å². The second kappa shape index (κ2) is 4.94. The number of methoxy groups -OCH3 is 1. The summed E-state index contributed by atoms with van der Waals surface area (Å²) in [7, 11) is 1.56. The van der Waals surface area contributed by atoms with Gasteiger partial charge in [0.25, 0.3) is 5.91 Å². The Hall–Kier alpha value is -0.610. The zero-order valence-corrected chi connectivity index (χ0v) is 9.82. The van der Waals surface area contributed by atoms with Crippen LogP contribution in [0.3, 0.4) is 0 Å². The van der Waals surface area contributed by atoms with Gasteiger partial charge in [0.2, 0.25) is 0 Å². The van der Waals surface area contributed by atoms with Gasteiger partial charge in [0.15, 0.2) is 0 Å².